The summed E-state index contributed by atoms with van der Waals surface area (Å²) in [6.07, 6.45) is 8.61. The second-order valence-corrected chi connectivity index (χ2v) is 12.0. The Morgan fingerprint density at radius 3 is 2.74 bits per heavy atom. The van der Waals surface area contributed by atoms with E-state index in [1.165, 1.54) is 0 Å². The summed E-state index contributed by atoms with van der Waals surface area (Å²) in [7, 11) is 0. The number of rotatable bonds is 3. The highest BCUT2D eigenvalue weighted by Crippen LogP contribution is 2.69. The standard InChI is InChI=1S/C27H37NO6/c1-25-8-5-17(30)11-16(25)3-4-18-19-12-22-27(21(32)14-29,26(19,2)13-20(31)23(18)25)34-24(33-22)15-6-9-28-10-7-15/h5,8,11,15,18-20,22-24,28-29,31H,3-4,6-7,9-10,12-14H2,1-2H3/t18-,19-,20-,22+,23+,24+,25-,26-,27+/m0/s1. The van der Waals surface area contributed by atoms with Gasteiger partial charge in [0.15, 0.2) is 23.5 Å². The molecule has 3 saturated carbocycles. The van der Waals surface area contributed by atoms with Crippen LogP contribution in [0.3, 0.4) is 0 Å². The molecule has 0 amide bonds. The fraction of sp³-hybridized carbons (Fsp3) is 0.778. The number of allylic oxidation sites excluding steroid dienone is 4. The highest BCUT2D eigenvalue weighted by molar-refractivity contribution is 6.01. The Hall–Kier alpha value is -1.38. The molecule has 6 aliphatic rings. The monoisotopic (exact) mass is 471 g/mol. The summed E-state index contributed by atoms with van der Waals surface area (Å²) in [4.78, 5) is 25.5. The van der Waals surface area contributed by atoms with Crippen molar-refractivity contribution in [2.75, 3.05) is 19.7 Å². The number of fused-ring (bicyclic) bond motifs is 7. The minimum absolute atomic E-state index is 0.0183. The summed E-state index contributed by atoms with van der Waals surface area (Å²) in [5, 5.41) is 25.1. The molecule has 0 aromatic heterocycles. The number of aliphatic hydroxyl groups excluding tert-OH is 2. The molecule has 3 N–H and O–H groups in total. The Labute approximate surface area is 201 Å². The summed E-state index contributed by atoms with van der Waals surface area (Å²) in [6.45, 7) is 5.47. The van der Waals surface area contributed by atoms with Gasteiger partial charge in [-0.3, -0.25) is 9.59 Å². The number of carbonyl (C=O) groups excluding carboxylic acids is 2. The number of hydrogen-bond acceptors (Lipinski definition) is 7. The van der Waals surface area contributed by atoms with Gasteiger partial charge in [-0.1, -0.05) is 25.5 Å². The molecule has 9 atom stereocenters. The predicted octanol–water partition coefficient (Wildman–Crippen LogP) is 1.92. The van der Waals surface area contributed by atoms with Crippen LogP contribution >= 0.6 is 0 Å². The van der Waals surface area contributed by atoms with Gasteiger partial charge in [0.1, 0.15) is 6.61 Å². The molecular formula is C27H37NO6. The molecule has 6 rings (SSSR count). The Bertz CT molecular complexity index is 955. The van der Waals surface area contributed by atoms with E-state index in [-0.39, 0.29) is 40.7 Å². The Balaban J connectivity index is 1.37. The number of Topliss-reactive ketones (excluding diaryl/α,β-unsaturated/α-hetero) is 1. The zero-order chi connectivity index (χ0) is 23.9. The average Bonchev–Trinajstić information content (AvgIpc) is 3.32. The van der Waals surface area contributed by atoms with Crippen LogP contribution < -0.4 is 5.32 Å². The lowest BCUT2D eigenvalue weighted by Crippen LogP contribution is -2.63. The summed E-state index contributed by atoms with van der Waals surface area (Å²) in [5.74, 6) is 0.247. The molecule has 7 nitrogen and oxygen atoms in total. The van der Waals surface area contributed by atoms with Crippen molar-refractivity contribution >= 4 is 11.6 Å². The highest BCUT2D eigenvalue weighted by Gasteiger charge is 2.76. The SMILES string of the molecule is C[C@]12C=CC(=O)C=C1CC[C@@H]1[C@@H]2[C@@H](O)C[C@@]2(C)[C@H]1C[C@H]1O[C@@H](C3CCNCC3)O[C@]12C(=O)CO. The van der Waals surface area contributed by atoms with Crippen LogP contribution in [-0.2, 0) is 19.1 Å². The lowest BCUT2D eigenvalue weighted by molar-refractivity contribution is -0.209. The number of carbonyl (C=O) groups is 2. The first kappa shape index (κ1) is 23.0. The molecular weight excluding hydrogens is 434 g/mol. The molecule has 2 saturated heterocycles. The maximum Gasteiger partial charge on any atom is 0.193 e. The molecule has 0 radical (unpaired) electrons. The average molecular weight is 472 g/mol. The molecule has 0 aromatic rings. The van der Waals surface area contributed by atoms with Crippen molar-refractivity contribution < 1.29 is 29.3 Å². The largest absolute Gasteiger partial charge is 0.393 e. The fourth-order valence-electron chi connectivity index (χ4n) is 9.04. The van der Waals surface area contributed by atoms with Crippen molar-refractivity contribution in [1.29, 1.82) is 0 Å². The van der Waals surface area contributed by atoms with Gasteiger partial charge < -0.3 is 25.0 Å². The van der Waals surface area contributed by atoms with Gasteiger partial charge in [0.2, 0.25) is 0 Å². The normalized spacial score (nSPS) is 50.2. The predicted molar refractivity (Wildman–Crippen MR) is 124 cm³/mol. The second kappa shape index (κ2) is 7.81. The van der Waals surface area contributed by atoms with Gasteiger partial charge >= 0.3 is 0 Å². The van der Waals surface area contributed by atoms with Crippen LogP contribution in [0.5, 0.6) is 0 Å². The Morgan fingerprint density at radius 2 is 2.00 bits per heavy atom. The van der Waals surface area contributed by atoms with E-state index in [1.54, 1.807) is 12.2 Å². The van der Waals surface area contributed by atoms with Gasteiger partial charge in [0, 0.05) is 22.7 Å². The minimum atomic E-state index is -1.22. The van der Waals surface area contributed by atoms with Crippen molar-refractivity contribution in [3.63, 3.8) is 0 Å². The molecule has 7 heteroatoms. The summed E-state index contributed by atoms with van der Waals surface area (Å²) < 4.78 is 13.2. The number of hydrogen-bond donors (Lipinski definition) is 3. The maximum absolute atomic E-state index is 13.5. The summed E-state index contributed by atoms with van der Waals surface area (Å²) in [6, 6.07) is 0. The van der Waals surface area contributed by atoms with Gasteiger partial charge in [-0.25, -0.2) is 0 Å². The first-order valence-corrected chi connectivity index (χ1v) is 13.0. The molecule has 0 unspecified atom stereocenters. The van der Waals surface area contributed by atoms with Crippen molar-refractivity contribution in [3.8, 4) is 0 Å². The van der Waals surface area contributed by atoms with Gasteiger partial charge in [0.05, 0.1) is 12.2 Å². The smallest absolute Gasteiger partial charge is 0.193 e. The number of nitrogens with one attached hydrogen (secondary N) is 1. The third-order valence-electron chi connectivity index (χ3n) is 10.6. The topological polar surface area (TPSA) is 105 Å². The first-order chi connectivity index (χ1) is 16.2. The van der Waals surface area contributed by atoms with Crippen molar-refractivity contribution in [2.24, 2.45) is 34.5 Å². The molecule has 186 valence electrons. The van der Waals surface area contributed by atoms with Crippen LogP contribution in [0.2, 0.25) is 0 Å². The zero-order valence-electron chi connectivity index (χ0n) is 20.2. The second-order valence-electron chi connectivity index (χ2n) is 12.0. The van der Waals surface area contributed by atoms with Crippen LogP contribution in [0, 0.1) is 34.5 Å². The van der Waals surface area contributed by atoms with E-state index in [0.29, 0.717) is 12.8 Å². The molecule has 2 aliphatic heterocycles. The maximum atomic E-state index is 13.5. The van der Waals surface area contributed by atoms with Crippen molar-refractivity contribution in [1.82, 2.24) is 5.32 Å². The van der Waals surface area contributed by atoms with Crippen LogP contribution in [-0.4, -0.2) is 65.6 Å². The van der Waals surface area contributed by atoms with E-state index < -0.39 is 36.1 Å². The van der Waals surface area contributed by atoms with Gasteiger partial charge in [0.25, 0.3) is 0 Å². The summed E-state index contributed by atoms with van der Waals surface area (Å²) in [5.41, 5.74) is -1.08. The number of ketones is 2. The molecule has 4 aliphatic carbocycles. The quantitative estimate of drug-likeness (QED) is 0.578. The van der Waals surface area contributed by atoms with Gasteiger partial charge in [-0.15, -0.1) is 0 Å². The molecule has 0 spiro atoms. The zero-order valence-corrected chi connectivity index (χ0v) is 20.2. The molecule has 2 heterocycles. The number of ether oxygens (including phenoxy) is 2. The van der Waals surface area contributed by atoms with Gasteiger partial charge in [-0.05, 0) is 75.6 Å². The van der Waals surface area contributed by atoms with Crippen molar-refractivity contribution in [3.05, 3.63) is 23.8 Å². The van der Waals surface area contributed by atoms with Crippen molar-refractivity contribution in [2.45, 2.75) is 76.5 Å². The summed E-state index contributed by atoms with van der Waals surface area (Å²) >= 11 is 0. The Kier molecular flexibility index (Phi) is 5.29. The highest BCUT2D eigenvalue weighted by atomic mass is 16.7. The molecule has 0 aromatic carbocycles. The number of aliphatic hydroxyl groups is 2. The van der Waals surface area contributed by atoms with Crippen LogP contribution in [0.15, 0.2) is 23.8 Å². The van der Waals surface area contributed by atoms with Crippen LogP contribution in [0.25, 0.3) is 0 Å². The third kappa shape index (κ3) is 2.88. The molecule has 34 heavy (non-hydrogen) atoms. The van der Waals surface area contributed by atoms with E-state index in [2.05, 4.69) is 19.2 Å². The van der Waals surface area contributed by atoms with Crippen LogP contribution in [0.1, 0.15) is 52.4 Å². The van der Waals surface area contributed by atoms with E-state index in [0.717, 1.165) is 44.3 Å². The van der Waals surface area contributed by atoms with E-state index >= 15 is 0 Å². The van der Waals surface area contributed by atoms with E-state index in [1.807, 2.05) is 6.08 Å². The van der Waals surface area contributed by atoms with Crippen LogP contribution in [0.4, 0.5) is 0 Å². The third-order valence-corrected chi connectivity index (χ3v) is 10.6. The molecule has 5 fully saturated rings. The first-order valence-electron chi connectivity index (χ1n) is 13.0. The van der Waals surface area contributed by atoms with E-state index in [9.17, 15) is 19.8 Å². The van der Waals surface area contributed by atoms with E-state index in [4.69, 9.17) is 9.47 Å². The molecule has 0 bridgehead atoms. The lowest BCUT2D eigenvalue weighted by atomic mass is 9.46. The van der Waals surface area contributed by atoms with Gasteiger partial charge in [-0.2, -0.15) is 0 Å². The minimum Gasteiger partial charge on any atom is -0.393 e. The Morgan fingerprint density at radius 1 is 1.24 bits per heavy atom. The fourth-order valence-corrected chi connectivity index (χ4v) is 9.04. The lowest BCUT2D eigenvalue weighted by Gasteiger charge is -2.59. The number of piperidine rings is 1.